The minimum atomic E-state index is -0.246. The second kappa shape index (κ2) is 5.30. The molecule has 0 aliphatic heterocycles. The van der Waals surface area contributed by atoms with E-state index in [1.54, 1.807) is 18.3 Å². The van der Waals surface area contributed by atoms with Crippen molar-refractivity contribution in [2.45, 2.75) is 6.54 Å². The Morgan fingerprint density at radius 1 is 1.30 bits per heavy atom. The van der Waals surface area contributed by atoms with Crippen LogP contribution in [0.1, 0.15) is 9.67 Å². The van der Waals surface area contributed by atoms with Crippen molar-refractivity contribution in [2.24, 2.45) is 0 Å². The number of hydrogen-bond acceptors (Lipinski definition) is 4. The van der Waals surface area contributed by atoms with Crippen molar-refractivity contribution >= 4 is 43.8 Å². The highest BCUT2D eigenvalue weighted by atomic mass is 79.9. The Bertz CT molecular complexity index is 854. The number of aromatic nitrogens is 2. The molecule has 20 heavy (non-hydrogen) atoms. The zero-order valence-corrected chi connectivity index (χ0v) is 12.6. The monoisotopic (exact) mass is 348 g/mol. The quantitative estimate of drug-likeness (QED) is 0.683. The molecule has 0 spiro atoms. The molecule has 0 aliphatic rings. The predicted octanol–water partition coefficient (Wildman–Crippen LogP) is 3.10. The van der Waals surface area contributed by atoms with Crippen LogP contribution in [0.25, 0.3) is 10.8 Å². The minimum Gasteiger partial charge on any atom is -0.291 e. The SMILES string of the molecule is O=C(Cn1ncc2ccccc2c1=O)c1sccc1Br. The van der Waals surface area contributed by atoms with Gasteiger partial charge in [-0.3, -0.25) is 9.59 Å². The van der Waals surface area contributed by atoms with Gasteiger partial charge in [0.2, 0.25) is 0 Å². The molecule has 6 heteroatoms. The van der Waals surface area contributed by atoms with Crippen LogP contribution < -0.4 is 5.56 Å². The molecule has 2 aromatic heterocycles. The van der Waals surface area contributed by atoms with Crippen LogP contribution in [-0.2, 0) is 6.54 Å². The highest BCUT2D eigenvalue weighted by molar-refractivity contribution is 9.10. The molecule has 1 aromatic carbocycles. The third-order valence-corrected chi connectivity index (χ3v) is 4.80. The van der Waals surface area contributed by atoms with Gasteiger partial charge in [-0.25, -0.2) is 4.68 Å². The zero-order chi connectivity index (χ0) is 14.1. The number of carbonyl (C=O) groups is 1. The van der Waals surface area contributed by atoms with Crippen molar-refractivity contribution in [3.63, 3.8) is 0 Å². The number of Topliss-reactive ketones (excluding diaryl/α,β-unsaturated/α-hetero) is 1. The molecule has 0 saturated carbocycles. The maximum atomic E-state index is 12.3. The van der Waals surface area contributed by atoms with Crippen molar-refractivity contribution in [3.05, 3.63) is 61.6 Å². The molecule has 0 N–H and O–H groups in total. The lowest BCUT2D eigenvalue weighted by Crippen LogP contribution is -2.26. The molecule has 100 valence electrons. The van der Waals surface area contributed by atoms with Crippen LogP contribution in [0.3, 0.4) is 0 Å². The van der Waals surface area contributed by atoms with Gasteiger partial charge in [0.05, 0.1) is 16.5 Å². The van der Waals surface area contributed by atoms with Crippen molar-refractivity contribution in [2.75, 3.05) is 0 Å². The minimum absolute atomic E-state index is 0.0528. The van der Waals surface area contributed by atoms with Gasteiger partial charge >= 0.3 is 0 Å². The maximum absolute atomic E-state index is 12.3. The second-order valence-electron chi connectivity index (χ2n) is 4.22. The Morgan fingerprint density at radius 3 is 2.85 bits per heavy atom. The average molecular weight is 349 g/mol. The first-order valence-electron chi connectivity index (χ1n) is 5.88. The Morgan fingerprint density at radius 2 is 2.10 bits per heavy atom. The van der Waals surface area contributed by atoms with Gasteiger partial charge in [0.1, 0.15) is 6.54 Å². The Kier molecular flexibility index (Phi) is 3.50. The second-order valence-corrected chi connectivity index (χ2v) is 5.99. The molecule has 3 rings (SSSR count). The van der Waals surface area contributed by atoms with Crippen molar-refractivity contribution in [1.82, 2.24) is 9.78 Å². The summed E-state index contributed by atoms with van der Waals surface area (Å²) >= 11 is 4.67. The molecule has 0 amide bonds. The molecular formula is C14H9BrN2O2S. The Balaban J connectivity index is 2.00. The Labute approximate surface area is 126 Å². The summed E-state index contributed by atoms with van der Waals surface area (Å²) < 4.78 is 1.96. The summed E-state index contributed by atoms with van der Waals surface area (Å²) in [5, 5.41) is 7.23. The van der Waals surface area contributed by atoms with E-state index in [0.29, 0.717) is 10.3 Å². The smallest absolute Gasteiger partial charge is 0.275 e. The zero-order valence-electron chi connectivity index (χ0n) is 10.2. The van der Waals surface area contributed by atoms with Crippen molar-refractivity contribution in [1.29, 1.82) is 0 Å². The van der Waals surface area contributed by atoms with E-state index in [4.69, 9.17) is 0 Å². The van der Waals surface area contributed by atoms with Gasteiger partial charge in [-0.2, -0.15) is 5.10 Å². The van der Waals surface area contributed by atoms with Crippen molar-refractivity contribution < 1.29 is 4.79 Å². The highest BCUT2D eigenvalue weighted by Crippen LogP contribution is 2.23. The summed E-state index contributed by atoms with van der Waals surface area (Å²) in [7, 11) is 0. The first-order valence-corrected chi connectivity index (χ1v) is 7.55. The lowest BCUT2D eigenvalue weighted by Gasteiger charge is -2.04. The van der Waals surface area contributed by atoms with Crippen LogP contribution in [0.15, 0.2) is 51.2 Å². The fraction of sp³-hybridized carbons (Fsp3) is 0.0714. The number of carbonyl (C=O) groups excluding carboxylic acids is 1. The summed E-state index contributed by atoms with van der Waals surface area (Å²) in [4.78, 5) is 25.0. The van der Waals surface area contributed by atoms with E-state index in [1.165, 1.54) is 16.0 Å². The molecule has 0 bridgehead atoms. The third-order valence-electron chi connectivity index (χ3n) is 2.93. The number of thiophene rings is 1. The summed E-state index contributed by atoms with van der Waals surface area (Å²) in [5.41, 5.74) is -0.246. The van der Waals surface area contributed by atoms with E-state index < -0.39 is 0 Å². The van der Waals surface area contributed by atoms with Gasteiger partial charge in [-0.15, -0.1) is 11.3 Å². The van der Waals surface area contributed by atoms with Gasteiger partial charge in [-0.1, -0.05) is 18.2 Å². The van der Waals surface area contributed by atoms with Crippen LogP contribution in [0.5, 0.6) is 0 Å². The fourth-order valence-electron chi connectivity index (χ4n) is 1.94. The van der Waals surface area contributed by atoms with E-state index in [9.17, 15) is 9.59 Å². The molecule has 0 unspecified atom stereocenters. The maximum Gasteiger partial charge on any atom is 0.275 e. The van der Waals surface area contributed by atoms with E-state index in [-0.39, 0.29) is 17.9 Å². The number of rotatable bonds is 3. The van der Waals surface area contributed by atoms with E-state index in [0.717, 1.165) is 9.86 Å². The summed E-state index contributed by atoms with van der Waals surface area (Å²) in [5.74, 6) is -0.128. The third kappa shape index (κ3) is 2.32. The molecule has 0 radical (unpaired) electrons. The number of hydrogen-bond donors (Lipinski definition) is 0. The highest BCUT2D eigenvalue weighted by Gasteiger charge is 2.14. The molecule has 0 aliphatic carbocycles. The summed E-state index contributed by atoms with van der Waals surface area (Å²) in [6.07, 6.45) is 1.60. The first kappa shape index (κ1) is 13.2. The molecule has 0 fully saturated rings. The van der Waals surface area contributed by atoms with Crippen LogP contribution in [0.4, 0.5) is 0 Å². The number of ketones is 1. The number of halogens is 1. The van der Waals surface area contributed by atoms with Crippen LogP contribution >= 0.6 is 27.3 Å². The van der Waals surface area contributed by atoms with Gasteiger partial charge in [-0.05, 0) is 33.4 Å². The van der Waals surface area contributed by atoms with Gasteiger partial charge in [0, 0.05) is 9.86 Å². The normalized spacial score (nSPS) is 10.8. The molecular weight excluding hydrogens is 340 g/mol. The lowest BCUT2D eigenvalue weighted by atomic mass is 10.2. The summed E-state index contributed by atoms with van der Waals surface area (Å²) in [6, 6.07) is 9.02. The number of nitrogens with zero attached hydrogens (tertiary/aromatic N) is 2. The molecule has 3 aromatic rings. The molecule has 2 heterocycles. The topological polar surface area (TPSA) is 52.0 Å². The largest absolute Gasteiger partial charge is 0.291 e. The average Bonchev–Trinajstić information content (AvgIpc) is 2.88. The van der Waals surface area contributed by atoms with Crippen LogP contribution in [-0.4, -0.2) is 15.6 Å². The first-order chi connectivity index (χ1) is 9.66. The molecule has 0 saturated heterocycles. The Hall–Kier alpha value is -1.79. The van der Waals surface area contributed by atoms with E-state index in [1.807, 2.05) is 23.6 Å². The number of benzene rings is 1. The molecule has 0 atom stereocenters. The molecule has 4 nitrogen and oxygen atoms in total. The van der Waals surface area contributed by atoms with Gasteiger partial charge < -0.3 is 0 Å². The summed E-state index contributed by atoms with van der Waals surface area (Å²) in [6.45, 7) is -0.0528. The van der Waals surface area contributed by atoms with Crippen LogP contribution in [0.2, 0.25) is 0 Å². The number of fused-ring (bicyclic) bond motifs is 1. The standard InChI is InChI=1S/C14H9BrN2O2S/c15-11-5-6-20-13(11)12(18)8-17-14(19)10-4-2-1-3-9(10)7-16-17/h1-7H,8H2. The van der Waals surface area contributed by atoms with Gasteiger partial charge in [0.15, 0.2) is 5.78 Å². The lowest BCUT2D eigenvalue weighted by molar-refractivity contribution is 0.0969. The van der Waals surface area contributed by atoms with E-state index in [2.05, 4.69) is 21.0 Å². The fourth-order valence-corrected chi connectivity index (χ4v) is 3.47. The van der Waals surface area contributed by atoms with Gasteiger partial charge in [0.25, 0.3) is 5.56 Å². The van der Waals surface area contributed by atoms with Crippen LogP contribution in [0, 0.1) is 0 Å². The van der Waals surface area contributed by atoms with Crippen molar-refractivity contribution in [3.8, 4) is 0 Å². The predicted molar refractivity (Wildman–Crippen MR) is 82.4 cm³/mol. The van der Waals surface area contributed by atoms with E-state index >= 15 is 0 Å².